The maximum atomic E-state index is 5.48. The molecule has 21 heavy (non-hydrogen) atoms. The van der Waals surface area contributed by atoms with E-state index in [0.29, 0.717) is 6.04 Å². The Labute approximate surface area is 127 Å². The molecule has 0 radical (unpaired) electrons. The number of benzene rings is 2. The van der Waals surface area contributed by atoms with Gasteiger partial charge < -0.3 is 10.1 Å². The van der Waals surface area contributed by atoms with E-state index < -0.39 is 0 Å². The molecule has 1 aliphatic rings. The summed E-state index contributed by atoms with van der Waals surface area (Å²) < 4.78 is 5.48. The van der Waals surface area contributed by atoms with Crippen LogP contribution in [0.2, 0.25) is 0 Å². The molecule has 1 atom stereocenters. The summed E-state index contributed by atoms with van der Waals surface area (Å²) in [5.41, 5.74) is 4.30. The van der Waals surface area contributed by atoms with Gasteiger partial charge >= 0.3 is 0 Å². The van der Waals surface area contributed by atoms with Gasteiger partial charge in [0.1, 0.15) is 5.75 Å². The Morgan fingerprint density at radius 3 is 2.71 bits per heavy atom. The van der Waals surface area contributed by atoms with E-state index in [1.807, 2.05) is 6.92 Å². The Morgan fingerprint density at radius 2 is 1.90 bits per heavy atom. The third-order valence-electron chi connectivity index (χ3n) is 4.16. The van der Waals surface area contributed by atoms with Crippen molar-refractivity contribution in [1.82, 2.24) is 5.32 Å². The van der Waals surface area contributed by atoms with Crippen LogP contribution in [0.15, 0.2) is 48.5 Å². The minimum Gasteiger partial charge on any atom is -0.494 e. The lowest BCUT2D eigenvalue weighted by Gasteiger charge is -2.26. The summed E-state index contributed by atoms with van der Waals surface area (Å²) in [6.45, 7) is 3.64. The van der Waals surface area contributed by atoms with Gasteiger partial charge in [-0.3, -0.25) is 0 Å². The Kier molecular flexibility index (Phi) is 4.56. The van der Waals surface area contributed by atoms with E-state index in [1.165, 1.54) is 36.0 Å². The minimum absolute atomic E-state index is 0.488. The van der Waals surface area contributed by atoms with Crippen LogP contribution in [0.4, 0.5) is 0 Å². The number of hydrogen-bond acceptors (Lipinski definition) is 2. The lowest BCUT2D eigenvalue weighted by Crippen LogP contribution is -2.24. The van der Waals surface area contributed by atoms with E-state index in [0.717, 1.165) is 18.9 Å². The van der Waals surface area contributed by atoms with Crippen LogP contribution in [0.3, 0.4) is 0 Å². The normalized spacial score (nSPS) is 17.3. The van der Waals surface area contributed by atoms with E-state index in [2.05, 4.69) is 53.8 Å². The topological polar surface area (TPSA) is 21.3 Å². The highest BCUT2D eigenvalue weighted by Gasteiger charge is 2.18. The highest BCUT2D eigenvalue weighted by atomic mass is 16.5. The largest absolute Gasteiger partial charge is 0.494 e. The van der Waals surface area contributed by atoms with Gasteiger partial charge in [0.05, 0.1) is 6.61 Å². The van der Waals surface area contributed by atoms with Crippen molar-refractivity contribution in [1.29, 1.82) is 0 Å². The molecular formula is C19H23NO. The van der Waals surface area contributed by atoms with Gasteiger partial charge in [-0.2, -0.15) is 0 Å². The molecule has 0 aliphatic heterocycles. The average Bonchev–Trinajstić information content (AvgIpc) is 2.54. The zero-order chi connectivity index (χ0) is 14.5. The van der Waals surface area contributed by atoms with E-state index in [-0.39, 0.29) is 0 Å². The molecule has 0 amide bonds. The standard InChI is InChI=1S/C19H23NO/c1-2-21-17-12-10-15(11-13-17)14-20-19-9-5-7-16-6-3-4-8-18(16)19/h3-4,6,8,10-13,19-20H,2,5,7,9,14H2,1H3/t19-/m1/s1. The second-order valence-electron chi connectivity index (χ2n) is 5.60. The first-order chi connectivity index (χ1) is 10.4. The molecule has 0 unspecified atom stereocenters. The second-order valence-corrected chi connectivity index (χ2v) is 5.60. The molecule has 0 fully saturated rings. The summed E-state index contributed by atoms with van der Waals surface area (Å²) in [5, 5.41) is 3.70. The second kappa shape index (κ2) is 6.77. The molecule has 0 saturated carbocycles. The molecule has 2 nitrogen and oxygen atoms in total. The minimum atomic E-state index is 0.488. The lowest BCUT2D eigenvalue weighted by atomic mass is 9.87. The van der Waals surface area contributed by atoms with Crippen molar-refractivity contribution < 1.29 is 4.74 Å². The van der Waals surface area contributed by atoms with Crippen molar-refractivity contribution in [3.63, 3.8) is 0 Å². The first kappa shape index (κ1) is 14.2. The fourth-order valence-corrected chi connectivity index (χ4v) is 3.08. The predicted molar refractivity (Wildman–Crippen MR) is 86.6 cm³/mol. The summed E-state index contributed by atoms with van der Waals surface area (Å²) >= 11 is 0. The fraction of sp³-hybridized carbons (Fsp3) is 0.368. The molecule has 0 aromatic heterocycles. The molecule has 2 aromatic carbocycles. The fourth-order valence-electron chi connectivity index (χ4n) is 3.08. The summed E-state index contributed by atoms with van der Waals surface area (Å²) in [6, 6.07) is 17.7. The Bertz CT molecular complexity index is 576. The predicted octanol–water partition coefficient (Wildman–Crippen LogP) is 4.25. The summed E-state index contributed by atoms with van der Waals surface area (Å²) in [6.07, 6.45) is 3.73. The van der Waals surface area contributed by atoms with E-state index >= 15 is 0 Å². The Hall–Kier alpha value is -1.80. The zero-order valence-corrected chi connectivity index (χ0v) is 12.6. The lowest BCUT2D eigenvalue weighted by molar-refractivity contribution is 0.340. The Morgan fingerprint density at radius 1 is 1.10 bits per heavy atom. The van der Waals surface area contributed by atoms with Crippen LogP contribution in [0.25, 0.3) is 0 Å². The van der Waals surface area contributed by atoms with Gasteiger partial charge in [0.25, 0.3) is 0 Å². The number of rotatable bonds is 5. The van der Waals surface area contributed by atoms with Gasteiger partial charge in [-0.1, -0.05) is 36.4 Å². The van der Waals surface area contributed by atoms with Crippen LogP contribution < -0.4 is 10.1 Å². The van der Waals surface area contributed by atoms with Gasteiger partial charge in [-0.05, 0) is 55.0 Å². The van der Waals surface area contributed by atoms with Crippen molar-refractivity contribution in [2.24, 2.45) is 0 Å². The highest BCUT2D eigenvalue weighted by Crippen LogP contribution is 2.29. The molecule has 0 heterocycles. The van der Waals surface area contributed by atoms with Crippen molar-refractivity contribution in [3.8, 4) is 5.75 Å². The van der Waals surface area contributed by atoms with Crippen molar-refractivity contribution in [2.75, 3.05) is 6.61 Å². The summed E-state index contributed by atoms with van der Waals surface area (Å²) in [4.78, 5) is 0. The number of hydrogen-bond donors (Lipinski definition) is 1. The van der Waals surface area contributed by atoms with E-state index in [1.54, 1.807) is 0 Å². The van der Waals surface area contributed by atoms with Gasteiger partial charge in [0.15, 0.2) is 0 Å². The SMILES string of the molecule is CCOc1ccc(CN[C@@H]2CCCc3ccccc32)cc1. The zero-order valence-electron chi connectivity index (χ0n) is 12.6. The first-order valence-electron chi connectivity index (χ1n) is 7.89. The highest BCUT2D eigenvalue weighted by molar-refractivity contribution is 5.32. The number of nitrogens with one attached hydrogen (secondary N) is 1. The quantitative estimate of drug-likeness (QED) is 0.884. The Balaban J connectivity index is 1.63. The third kappa shape index (κ3) is 3.45. The van der Waals surface area contributed by atoms with Crippen LogP contribution in [0, 0.1) is 0 Å². The summed E-state index contributed by atoms with van der Waals surface area (Å²) in [7, 11) is 0. The first-order valence-corrected chi connectivity index (χ1v) is 7.89. The van der Waals surface area contributed by atoms with Crippen molar-refractivity contribution in [2.45, 2.75) is 38.8 Å². The molecule has 1 N–H and O–H groups in total. The van der Waals surface area contributed by atoms with Crippen molar-refractivity contribution in [3.05, 3.63) is 65.2 Å². The smallest absolute Gasteiger partial charge is 0.119 e. The number of aryl methyl sites for hydroxylation is 1. The molecule has 2 heteroatoms. The maximum Gasteiger partial charge on any atom is 0.119 e. The average molecular weight is 281 g/mol. The van der Waals surface area contributed by atoms with Gasteiger partial charge in [0.2, 0.25) is 0 Å². The molecule has 3 rings (SSSR count). The molecule has 0 spiro atoms. The molecule has 0 bridgehead atoms. The van der Waals surface area contributed by atoms with Crippen LogP contribution in [0.1, 0.15) is 42.5 Å². The van der Waals surface area contributed by atoms with Crippen molar-refractivity contribution >= 4 is 0 Å². The van der Waals surface area contributed by atoms with Crippen LogP contribution in [-0.2, 0) is 13.0 Å². The van der Waals surface area contributed by atoms with Crippen LogP contribution >= 0.6 is 0 Å². The molecule has 0 saturated heterocycles. The van der Waals surface area contributed by atoms with E-state index in [9.17, 15) is 0 Å². The van der Waals surface area contributed by atoms with Gasteiger partial charge in [-0.25, -0.2) is 0 Å². The van der Waals surface area contributed by atoms with Crippen LogP contribution in [0.5, 0.6) is 5.75 Å². The van der Waals surface area contributed by atoms with Crippen LogP contribution in [-0.4, -0.2) is 6.61 Å². The van der Waals surface area contributed by atoms with Gasteiger partial charge in [-0.15, -0.1) is 0 Å². The number of ether oxygens (including phenoxy) is 1. The van der Waals surface area contributed by atoms with E-state index in [4.69, 9.17) is 4.74 Å². The molecule has 2 aromatic rings. The van der Waals surface area contributed by atoms with Gasteiger partial charge in [0, 0.05) is 12.6 Å². The molecule has 1 aliphatic carbocycles. The molecular weight excluding hydrogens is 258 g/mol. The maximum absolute atomic E-state index is 5.48. The number of fused-ring (bicyclic) bond motifs is 1. The third-order valence-corrected chi connectivity index (χ3v) is 4.16. The molecule has 110 valence electrons. The monoisotopic (exact) mass is 281 g/mol. The summed E-state index contributed by atoms with van der Waals surface area (Å²) in [5.74, 6) is 0.948.